The number of hydrogen-bond donors (Lipinski definition) is 1. The zero-order valence-electron chi connectivity index (χ0n) is 12.5. The van der Waals surface area contributed by atoms with Crippen molar-refractivity contribution in [3.63, 3.8) is 0 Å². The Morgan fingerprint density at radius 2 is 1.95 bits per heavy atom. The van der Waals surface area contributed by atoms with E-state index in [-0.39, 0.29) is 0 Å². The van der Waals surface area contributed by atoms with Gasteiger partial charge in [-0.15, -0.1) is 0 Å². The predicted octanol–water partition coefficient (Wildman–Crippen LogP) is 4.15. The van der Waals surface area contributed by atoms with Crippen molar-refractivity contribution in [1.29, 1.82) is 0 Å². The number of hydrogen-bond acceptors (Lipinski definition) is 2. The molecule has 1 aromatic rings. The maximum absolute atomic E-state index is 6.51. The predicted molar refractivity (Wildman–Crippen MR) is 86.8 cm³/mol. The first-order chi connectivity index (χ1) is 9.70. The summed E-state index contributed by atoms with van der Waals surface area (Å²) >= 11 is 6.51. The van der Waals surface area contributed by atoms with Crippen molar-refractivity contribution in [2.75, 3.05) is 11.4 Å². The Balaban J connectivity index is 1.90. The van der Waals surface area contributed by atoms with Gasteiger partial charge in [0.05, 0.1) is 10.7 Å². The fourth-order valence-corrected chi connectivity index (χ4v) is 4.47. The average molecular weight is 293 g/mol. The number of rotatable bonds is 3. The summed E-state index contributed by atoms with van der Waals surface area (Å²) in [5.74, 6) is 0. The number of halogens is 1. The number of anilines is 1. The minimum absolute atomic E-state index is 0.658. The van der Waals surface area contributed by atoms with E-state index in [1.165, 1.54) is 43.4 Å². The molecule has 2 aliphatic heterocycles. The molecule has 0 aromatic heterocycles. The summed E-state index contributed by atoms with van der Waals surface area (Å²) in [5, 5.41) is 4.57. The molecule has 2 fully saturated rings. The van der Waals surface area contributed by atoms with Crippen LogP contribution in [0.4, 0.5) is 5.69 Å². The van der Waals surface area contributed by atoms with Crippen LogP contribution in [0, 0.1) is 6.92 Å². The molecular weight excluding hydrogens is 268 g/mol. The summed E-state index contributed by atoms with van der Waals surface area (Å²) in [6.07, 6.45) is 6.50. The summed E-state index contributed by atoms with van der Waals surface area (Å²) in [4.78, 5) is 2.65. The number of benzene rings is 1. The van der Waals surface area contributed by atoms with Crippen LogP contribution in [-0.4, -0.2) is 24.7 Å². The highest BCUT2D eigenvalue weighted by Gasteiger charge is 2.39. The van der Waals surface area contributed by atoms with Gasteiger partial charge in [-0.25, -0.2) is 0 Å². The molecule has 3 rings (SSSR count). The fraction of sp³-hybridized carbons (Fsp3) is 0.647. The second-order valence-electron chi connectivity index (χ2n) is 6.28. The van der Waals surface area contributed by atoms with E-state index >= 15 is 0 Å². The van der Waals surface area contributed by atoms with Crippen LogP contribution < -0.4 is 10.2 Å². The van der Waals surface area contributed by atoms with E-state index < -0.39 is 0 Å². The highest BCUT2D eigenvalue weighted by molar-refractivity contribution is 6.33. The highest BCUT2D eigenvalue weighted by Crippen LogP contribution is 2.42. The Bertz CT molecular complexity index is 440. The molecule has 0 spiro atoms. The molecule has 3 heteroatoms. The third-order valence-electron chi connectivity index (χ3n) is 4.91. The van der Waals surface area contributed by atoms with Gasteiger partial charge in [0.2, 0.25) is 0 Å². The Labute approximate surface area is 127 Å². The first-order valence-electron chi connectivity index (χ1n) is 7.97. The van der Waals surface area contributed by atoms with Crippen molar-refractivity contribution in [1.82, 2.24) is 5.32 Å². The molecule has 2 unspecified atom stereocenters. The molecule has 2 nitrogen and oxygen atoms in total. The molecular formula is C17H25ClN2. The van der Waals surface area contributed by atoms with Crippen LogP contribution in [0.25, 0.3) is 0 Å². The number of aryl methyl sites for hydroxylation is 1. The molecule has 2 heterocycles. The SMILES string of the molecule is CCNC1CC2CCCC(C1)N2c1c(C)cccc1Cl. The topological polar surface area (TPSA) is 15.3 Å². The summed E-state index contributed by atoms with van der Waals surface area (Å²) in [6.45, 7) is 5.48. The van der Waals surface area contributed by atoms with Gasteiger partial charge >= 0.3 is 0 Å². The summed E-state index contributed by atoms with van der Waals surface area (Å²) in [7, 11) is 0. The van der Waals surface area contributed by atoms with Crippen molar-refractivity contribution >= 4 is 17.3 Å². The van der Waals surface area contributed by atoms with Crippen molar-refractivity contribution in [2.24, 2.45) is 0 Å². The van der Waals surface area contributed by atoms with E-state index in [1.54, 1.807) is 0 Å². The average Bonchev–Trinajstić information content (AvgIpc) is 2.39. The van der Waals surface area contributed by atoms with Gasteiger partial charge in [-0.2, -0.15) is 0 Å². The van der Waals surface area contributed by atoms with Gasteiger partial charge < -0.3 is 10.2 Å². The van der Waals surface area contributed by atoms with Gasteiger partial charge in [0.25, 0.3) is 0 Å². The van der Waals surface area contributed by atoms with Gasteiger partial charge in [-0.1, -0.05) is 30.7 Å². The quantitative estimate of drug-likeness (QED) is 0.900. The molecule has 1 N–H and O–H groups in total. The lowest BCUT2D eigenvalue weighted by molar-refractivity contribution is 0.247. The molecule has 2 bridgehead atoms. The normalized spacial score (nSPS) is 29.6. The maximum Gasteiger partial charge on any atom is 0.0642 e. The van der Waals surface area contributed by atoms with E-state index in [9.17, 15) is 0 Å². The largest absolute Gasteiger partial charge is 0.364 e. The number of para-hydroxylation sites is 1. The minimum atomic E-state index is 0.658. The summed E-state index contributed by atoms with van der Waals surface area (Å²) in [6, 6.07) is 8.29. The van der Waals surface area contributed by atoms with Crippen molar-refractivity contribution in [2.45, 2.75) is 64.1 Å². The lowest BCUT2D eigenvalue weighted by Gasteiger charge is -2.51. The number of fused-ring (bicyclic) bond motifs is 2. The smallest absolute Gasteiger partial charge is 0.0642 e. The van der Waals surface area contributed by atoms with Gasteiger partial charge in [0.15, 0.2) is 0 Å². The van der Waals surface area contributed by atoms with Crippen LogP contribution in [0.15, 0.2) is 18.2 Å². The van der Waals surface area contributed by atoms with Crippen LogP contribution in [0.2, 0.25) is 5.02 Å². The monoisotopic (exact) mass is 292 g/mol. The zero-order chi connectivity index (χ0) is 14.1. The maximum atomic E-state index is 6.51. The lowest BCUT2D eigenvalue weighted by Crippen LogP contribution is -2.56. The van der Waals surface area contributed by atoms with E-state index in [0.717, 1.165) is 11.6 Å². The van der Waals surface area contributed by atoms with Gasteiger partial charge in [-0.05, 0) is 57.2 Å². The number of nitrogens with one attached hydrogen (secondary N) is 1. The highest BCUT2D eigenvalue weighted by atomic mass is 35.5. The molecule has 0 amide bonds. The first kappa shape index (κ1) is 14.2. The van der Waals surface area contributed by atoms with Crippen LogP contribution in [0.3, 0.4) is 0 Å². The second-order valence-corrected chi connectivity index (χ2v) is 6.68. The van der Waals surface area contributed by atoms with Gasteiger partial charge in [0.1, 0.15) is 0 Å². The fourth-order valence-electron chi connectivity index (χ4n) is 4.15. The molecule has 110 valence electrons. The molecule has 0 aliphatic carbocycles. The van der Waals surface area contributed by atoms with Crippen LogP contribution in [0.1, 0.15) is 44.6 Å². The lowest BCUT2D eigenvalue weighted by atomic mass is 9.81. The van der Waals surface area contributed by atoms with Crippen molar-refractivity contribution < 1.29 is 0 Å². The molecule has 0 saturated carbocycles. The molecule has 2 atom stereocenters. The van der Waals surface area contributed by atoms with Gasteiger partial charge in [0, 0.05) is 18.1 Å². The third kappa shape index (κ3) is 2.56. The molecule has 20 heavy (non-hydrogen) atoms. The van der Waals surface area contributed by atoms with Crippen LogP contribution >= 0.6 is 11.6 Å². The minimum Gasteiger partial charge on any atom is -0.364 e. The van der Waals surface area contributed by atoms with Crippen molar-refractivity contribution in [3.8, 4) is 0 Å². The Kier molecular flexibility index (Phi) is 4.23. The van der Waals surface area contributed by atoms with Gasteiger partial charge in [-0.3, -0.25) is 0 Å². The summed E-state index contributed by atoms with van der Waals surface area (Å²) < 4.78 is 0. The molecule has 2 aliphatic rings. The van der Waals surface area contributed by atoms with Crippen LogP contribution in [-0.2, 0) is 0 Å². The van der Waals surface area contributed by atoms with Crippen molar-refractivity contribution in [3.05, 3.63) is 28.8 Å². The molecule has 2 saturated heterocycles. The Morgan fingerprint density at radius 3 is 2.55 bits per heavy atom. The molecule has 0 radical (unpaired) electrons. The van der Waals surface area contributed by atoms with E-state index in [2.05, 4.69) is 36.2 Å². The van der Waals surface area contributed by atoms with E-state index in [0.29, 0.717) is 18.1 Å². The number of nitrogens with zero attached hydrogens (tertiary/aromatic N) is 1. The van der Waals surface area contributed by atoms with Crippen LogP contribution in [0.5, 0.6) is 0 Å². The first-order valence-corrected chi connectivity index (χ1v) is 8.35. The Hall–Kier alpha value is -0.730. The third-order valence-corrected chi connectivity index (χ3v) is 5.22. The Morgan fingerprint density at radius 1 is 1.25 bits per heavy atom. The standard InChI is InChI=1S/C17H25ClN2/c1-3-19-13-10-14-7-5-8-15(11-13)20(14)17-12(2)6-4-9-16(17)18/h4,6,9,13-15,19H,3,5,7-8,10-11H2,1-2H3. The zero-order valence-corrected chi connectivity index (χ0v) is 13.3. The molecule has 1 aromatic carbocycles. The number of piperidine rings is 2. The second kappa shape index (κ2) is 5.95. The van der Waals surface area contributed by atoms with E-state index in [1.807, 2.05) is 6.07 Å². The summed E-state index contributed by atoms with van der Waals surface area (Å²) in [5.41, 5.74) is 2.61. The van der Waals surface area contributed by atoms with E-state index in [4.69, 9.17) is 11.6 Å².